The first-order chi connectivity index (χ1) is 39.0. The van der Waals surface area contributed by atoms with E-state index in [0.717, 1.165) is 137 Å². The Morgan fingerprint density at radius 3 is 1.30 bits per heavy atom. The fraction of sp³-hybridized carbons (Fsp3) is 0.562. The van der Waals surface area contributed by atoms with E-state index in [1.54, 1.807) is 24.3 Å². The van der Waals surface area contributed by atoms with Crippen LogP contribution in [0.25, 0.3) is 0 Å². The second-order valence-electron chi connectivity index (χ2n) is 26.1. The number of nitrogens with zero attached hydrogens (tertiary/aromatic N) is 8. The lowest BCUT2D eigenvalue weighted by atomic mass is 9.91. The van der Waals surface area contributed by atoms with Crippen molar-refractivity contribution in [2.24, 2.45) is 0 Å². The van der Waals surface area contributed by atoms with E-state index in [-0.39, 0.29) is 71.8 Å². The molecule has 0 unspecified atom stereocenters. The molecule has 2 aromatic heterocycles. The third-order valence-corrected chi connectivity index (χ3v) is 18.6. The van der Waals surface area contributed by atoms with Crippen LogP contribution in [0.5, 0.6) is 0 Å². The summed E-state index contributed by atoms with van der Waals surface area (Å²) in [6.45, 7) is 38.1. The third kappa shape index (κ3) is 13.2. The lowest BCUT2D eigenvalue weighted by Crippen LogP contribution is -2.63. The third-order valence-electron chi connectivity index (χ3n) is 18.6. The number of hydrogen-bond donors (Lipinski definition) is 4. The van der Waals surface area contributed by atoms with Gasteiger partial charge in [0, 0.05) is 185 Å². The Morgan fingerprint density at radius 1 is 0.561 bits per heavy atom. The fourth-order valence-corrected chi connectivity index (χ4v) is 13.6. The number of aromatic amines is 2. The van der Waals surface area contributed by atoms with Crippen LogP contribution in [-0.2, 0) is 33.3 Å². The second kappa shape index (κ2) is 24.3. The van der Waals surface area contributed by atoms with E-state index in [2.05, 4.69) is 119 Å². The molecule has 6 aliphatic rings. The van der Waals surface area contributed by atoms with E-state index in [1.807, 2.05) is 21.9 Å². The molecule has 6 aliphatic heterocycles. The normalized spacial score (nSPS) is 25.1. The van der Waals surface area contributed by atoms with Crippen LogP contribution < -0.4 is 31.6 Å². The number of amides is 2. The number of fused-ring (bicyclic) bond motifs is 2. The number of aromatic nitrogens is 2. The number of pyridine rings is 2. The Kier molecular flexibility index (Phi) is 17.5. The zero-order chi connectivity index (χ0) is 58.4. The van der Waals surface area contributed by atoms with Crippen molar-refractivity contribution in [2.45, 2.75) is 128 Å². The van der Waals surface area contributed by atoms with E-state index in [9.17, 15) is 28.0 Å². The molecule has 4 N–H and O–H groups in total. The minimum absolute atomic E-state index is 0.0228. The summed E-state index contributed by atoms with van der Waals surface area (Å²) < 4.78 is 27.4. The molecule has 0 radical (unpaired) electrons. The number of carbonyl (C=O) groups excluding carboxylic acids is 2. The summed E-state index contributed by atoms with van der Waals surface area (Å²) in [5.74, 6) is -0.599. The number of carbonyl (C=O) groups is 2. The molecular formula is C64H88F2N12O4. The SMILES string of the molecule is C=C(CCC(=C)N1CCN(C[C@H]2CN[C@H](C)CN2CC(=O)N2CC(C)(C)c3[nH]c(=O)c(Cc4ccc(F)cc4)cc32)[C@H](C)C1)N1CCN(C[C@H]2CN[C@H](C)CN2CC(=O)N2CC(C)(C)c3[nH]c(=O)c(Cc4ccc(F)cc4)cc32)[C@H](C)C1. The molecule has 2 aromatic carbocycles. The Labute approximate surface area is 483 Å². The zero-order valence-electron chi connectivity index (χ0n) is 49.8. The average Bonchev–Trinajstić information content (AvgIpc) is 4.01. The highest BCUT2D eigenvalue weighted by atomic mass is 19.1. The molecule has 8 heterocycles. The van der Waals surface area contributed by atoms with Gasteiger partial charge in [0.2, 0.25) is 11.8 Å². The molecule has 4 fully saturated rings. The van der Waals surface area contributed by atoms with Gasteiger partial charge in [-0.25, -0.2) is 8.78 Å². The van der Waals surface area contributed by atoms with E-state index < -0.39 is 10.8 Å². The number of piperazine rings is 4. The van der Waals surface area contributed by atoms with Crippen molar-refractivity contribution in [3.05, 3.63) is 151 Å². The van der Waals surface area contributed by atoms with Crippen molar-refractivity contribution < 1.29 is 18.4 Å². The molecule has 0 spiro atoms. The number of rotatable bonds is 17. The lowest BCUT2D eigenvalue weighted by Gasteiger charge is -2.47. The van der Waals surface area contributed by atoms with Gasteiger partial charge in [0.1, 0.15) is 11.6 Å². The van der Waals surface area contributed by atoms with Crippen molar-refractivity contribution >= 4 is 23.2 Å². The van der Waals surface area contributed by atoms with Gasteiger partial charge in [-0.05, 0) is 88.1 Å². The lowest BCUT2D eigenvalue weighted by molar-refractivity contribution is -0.121. The van der Waals surface area contributed by atoms with Gasteiger partial charge in [-0.1, -0.05) is 65.1 Å². The van der Waals surface area contributed by atoms with Crippen LogP contribution in [0.15, 0.2) is 94.8 Å². The number of anilines is 2. The minimum atomic E-state index is -0.422. The van der Waals surface area contributed by atoms with Gasteiger partial charge in [0.25, 0.3) is 11.1 Å². The van der Waals surface area contributed by atoms with Crippen LogP contribution >= 0.6 is 0 Å². The second-order valence-corrected chi connectivity index (χ2v) is 26.1. The largest absolute Gasteiger partial charge is 0.372 e. The predicted octanol–water partition coefficient (Wildman–Crippen LogP) is 5.62. The molecule has 6 atom stereocenters. The molecule has 10 rings (SSSR count). The first-order valence-corrected chi connectivity index (χ1v) is 29.9. The smallest absolute Gasteiger partial charge is 0.251 e. The summed E-state index contributed by atoms with van der Waals surface area (Å²) >= 11 is 0. The quantitative estimate of drug-likeness (QED) is 0.104. The van der Waals surface area contributed by atoms with Crippen molar-refractivity contribution in [1.82, 2.24) is 50.0 Å². The number of H-pyrrole nitrogens is 2. The maximum absolute atomic E-state index is 14.4. The number of allylic oxidation sites excluding steroid dienone is 2. The number of hydrogen-bond acceptors (Lipinski definition) is 12. The Morgan fingerprint density at radius 2 is 0.939 bits per heavy atom. The molecule has 442 valence electrons. The summed E-state index contributed by atoms with van der Waals surface area (Å²) in [4.78, 5) is 80.2. The highest BCUT2D eigenvalue weighted by Crippen LogP contribution is 2.41. The van der Waals surface area contributed by atoms with E-state index in [0.29, 0.717) is 49.1 Å². The van der Waals surface area contributed by atoms with Gasteiger partial charge >= 0.3 is 0 Å². The maximum atomic E-state index is 14.4. The van der Waals surface area contributed by atoms with Gasteiger partial charge in [0.15, 0.2) is 0 Å². The Hall–Kier alpha value is -6.02. The van der Waals surface area contributed by atoms with Crippen LogP contribution in [0.4, 0.5) is 20.2 Å². The molecule has 0 bridgehead atoms. The monoisotopic (exact) mass is 1130 g/mol. The molecule has 18 heteroatoms. The molecule has 2 amide bonds. The highest BCUT2D eigenvalue weighted by Gasteiger charge is 2.43. The fourth-order valence-electron chi connectivity index (χ4n) is 13.6. The van der Waals surface area contributed by atoms with E-state index >= 15 is 0 Å². The van der Waals surface area contributed by atoms with Crippen LogP contribution in [0.2, 0.25) is 0 Å². The molecule has 4 aromatic rings. The highest BCUT2D eigenvalue weighted by molar-refractivity contribution is 5.98. The Balaban J connectivity index is 0.687. The first-order valence-electron chi connectivity index (χ1n) is 29.9. The van der Waals surface area contributed by atoms with Gasteiger partial charge in [-0.3, -0.25) is 38.8 Å². The minimum Gasteiger partial charge on any atom is -0.372 e. The van der Waals surface area contributed by atoms with Gasteiger partial charge in [-0.2, -0.15) is 0 Å². The summed E-state index contributed by atoms with van der Waals surface area (Å²) in [5.41, 5.74) is 6.90. The summed E-state index contributed by atoms with van der Waals surface area (Å²) in [6, 6.07) is 17.5. The average molecular weight is 1130 g/mol. The van der Waals surface area contributed by atoms with Crippen molar-refractivity contribution in [2.75, 3.05) is 115 Å². The van der Waals surface area contributed by atoms with Crippen LogP contribution in [-0.4, -0.2) is 192 Å². The molecular weight excluding hydrogens is 1040 g/mol. The topological polar surface area (TPSA) is 150 Å². The van der Waals surface area contributed by atoms with Crippen LogP contribution in [0, 0.1) is 11.6 Å². The number of nitrogens with one attached hydrogen (secondary N) is 4. The molecule has 0 aliphatic carbocycles. The van der Waals surface area contributed by atoms with Crippen molar-refractivity contribution in [1.29, 1.82) is 0 Å². The van der Waals surface area contributed by atoms with E-state index in [4.69, 9.17) is 0 Å². The van der Waals surface area contributed by atoms with Crippen LogP contribution in [0.3, 0.4) is 0 Å². The molecule has 16 nitrogen and oxygen atoms in total. The maximum Gasteiger partial charge on any atom is 0.251 e. The Bertz CT molecular complexity index is 2920. The van der Waals surface area contributed by atoms with Gasteiger partial charge in [-0.15, -0.1) is 0 Å². The summed E-state index contributed by atoms with van der Waals surface area (Å²) in [5, 5.41) is 7.37. The molecule has 4 saturated heterocycles. The summed E-state index contributed by atoms with van der Waals surface area (Å²) in [7, 11) is 0. The van der Waals surface area contributed by atoms with Crippen molar-refractivity contribution in [3.63, 3.8) is 0 Å². The first kappa shape index (κ1) is 59.2. The number of benzene rings is 2. The molecule has 0 saturated carbocycles. The number of halogens is 2. The zero-order valence-corrected chi connectivity index (χ0v) is 49.8. The molecule has 82 heavy (non-hydrogen) atoms. The van der Waals surface area contributed by atoms with Gasteiger partial charge < -0.3 is 40.2 Å². The standard InChI is InChI=1S/C64H88F2N12O4/c1-41-31-75(37-57(79)77-39-63(7,8)59-55(77)27-49(61(81)69-59)25-47-13-17-51(65)18-14-47)53(29-67-41)35-73-23-21-71(33-45(73)5)43(3)11-12-44(4)72-22-24-74(46(6)34-72)36-54-30-68-42(2)32-76(54)38-58(80)78-40-64(9,10)60-56(78)28-50(62(82)70-60)26-48-15-19-52(66)20-16-48/h13-20,27-28,41-42,45-46,53-54,67-68H,3-4,11-12,21-26,29-40H2,1-2,5-10H3,(H,69,81)(H,70,82)/t41-,42-,45-,46-,53-,54-/m1/s1. The van der Waals surface area contributed by atoms with Crippen LogP contribution in [0.1, 0.15) is 102 Å². The predicted molar refractivity (Wildman–Crippen MR) is 322 cm³/mol. The van der Waals surface area contributed by atoms with Gasteiger partial charge in [0.05, 0.1) is 24.5 Å². The van der Waals surface area contributed by atoms with Crippen molar-refractivity contribution in [3.8, 4) is 0 Å². The summed E-state index contributed by atoms with van der Waals surface area (Å²) in [6.07, 6.45) is 2.38. The van der Waals surface area contributed by atoms with E-state index in [1.165, 1.54) is 24.3 Å².